The van der Waals surface area contributed by atoms with Crippen LogP contribution >= 0.6 is 0 Å². The third kappa shape index (κ3) is 6.61. The quantitative estimate of drug-likeness (QED) is 0.593. The number of hydrogen-bond acceptors (Lipinski definition) is 4. The van der Waals surface area contributed by atoms with Crippen LogP contribution in [0.5, 0.6) is 5.75 Å². The van der Waals surface area contributed by atoms with Gasteiger partial charge in [-0.05, 0) is 38.8 Å². The Labute approximate surface area is 132 Å². The van der Waals surface area contributed by atoms with Gasteiger partial charge in [-0.3, -0.25) is 4.79 Å². The molecular weight excluding hydrogens is 280 g/mol. The first-order valence-corrected chi connectivity index (χ1v) is 7.60. The number of rotatable bonds is 8. The molecule has 0 fully saturated rings. The predicted octanol–water partition coefficient (Wildman–Crippen LogP) is 2.99. The summed E-state index contributed by atoms with van der Waals surface area (Å²) in [5, 5.41) is 6.69. The van der Waals surface area contributed by atoms with Crippen molar-refractivity contribution in [2.75, 3.05) is 6.61 Å². The minimum Gasteiger partial charge on any atom is -0.490 e. The zero-order chi connectivity index (χ0) is 16.5. The summed E-state index contributed by atoms with van der Waals surface area (Å²) in [6.07, 6.45) is 1.63. The Kier molecular flexibility index (Phi) is 7.43. The second-order valence-corrected chi connectivity index (χ2v) is 5.81. The molecule has 1 atom stereocenters. The van der Waals surface area contributed by atoms with E-state index in [-0.39, 0.29) is 24.7 Å². The van der Waals surface area contributed by atoms with E-state index >= 15 is 0 Å². The molecule has 1 aromatic rings. The van der Waals surface area contributed by atoms with Gasteiger partial charge in [0, 0.05) is 11.6 Å². The standard InChI is InChI=1S/C17H26N2O3/c1-12(2)14(5)19-17(20)11-21-18-10-15-8-6-7-9-16(15)22-13(3)4/h6-10,12-14H,11H2,1-5H3,(H,19,20). The molecule has 0 spiro atoms. The van der Waals surface area contributed by atoms with Gasteiger partial charge in [-0.2, -0.15) is 0 Å². The van der Waals surface area contributed by atoms with Gasteiger partial charge >= 0.3 is 0 Å². The molecule has 22 heavy (non-hydrogen) atoms. The van der Waals surface area contributed by atoms with Crippen LogP contribution in [0.25, 0.3) is 0 Å². The Bertz CT molecular complexity index is 498. The van der Waals surface area contributed by atoms with Gasteiger partial charge in [0.15, 0.2) is 6.61 Å². The summed E-state index contributed by atoms with van der Waals surface area (Å²) in [5.74, 6) is 0.945. The zero-order valence-electron chi connectivity index (χ0n) is 14.0. The van der Waals surface area contributed by atoms with Gasteiger partial charge < -0.3 is 14.9 Å². The normalized spacial score (nSPS) is 12.7. The Morgan fingerprint density at radius 2 is 1.91 bits per heavy atom. The third-order valence-corrected chi connectivity index (χ3v) is 3.13. The van der Waals surface area contributed by atoms with Crippen molar-refractivity contribution in [3.63, 3.8) is 0 Å². The highest BCUT2D eigenvalue weighted by atomic mass is 16.6. The Hall–Kier alpha value is -2.04. The number of para-hydroxylation sites is 1. The number of ether oxygens (including phenoxy) is 1. The first-order chi connectivity index (χ1) is 10.4. The molecule has 0 bridgehead atoms. The SMILES string of the molecule is CC(C)Oc1ccccc1C=NOCC(=O)NC(C)C(C)C. The monoisotopic (exact) mass is 306 g/mol. The van der Waals surface area contributed by atoms with Crippen LogP contribution in [0.1, 0.15) is 40.2 Å². The molecule has 0 radical (unpaired) electrons. The van der Waals surface area contributed by atoms with E-state index in [2.05, 4.69) is 24.3 Å². The number of hydrogen-bond donors (Lipinski definition) is 1. The molecular formula is C17H26N2O3. The molecule has 5 heteroatoms. The van der Waals surface area contributed by atoms with Crippen molar-refractivity contribution in [1.82, 2.24) is 5.32 Å². The predicted molar refractivity (Wildman–Crippen MR) is 88.2 cm³/mol. The molecule has 0 aliphatic carbocycles. The van der Waals surface area contributed by atoms with Crippen molar-refractivity contribution in [2.24, 2.45) is 11.1 Å². The average molecular weight is 306 g/mol. The molecule has 0 saturated carbocycles. The zero-order valence-corrected chi connectivity index (χ0v) is 14.0. The maximum Gasteiger partial charge on any atom is 0.260 e. The lowest BCUT2D eigenvalue weighted by Crippen LogP contribution is -2.38. The highest BCUT2D eigenvalue weighted by Gasteiger charge is 2.10. The number of amides is 1. The van der Waals surface area contributed by atoms with Crippen LogP contribution < -0.4 is 10.1 Å². The summed E-state index contributed by atoms with van der Waals surface area (Å²) in [6.45, 7) is 9.90. The van der Waals surface area contributed by atoms with Gasteiger partial charge in [0.05, 0.1) is 12.3 Å². The van der Waals surface area contributed by atoms with Crippen molar-refractivity contribution in [1.29, 1.82) is 0 Å². The van der Waals surface area contributed by atoms with Crippen LogP contribution in [0.2, 0.25) is 0 Å². The number of benzene rings is 1. The summed E-state index contributed by atoms with van der Waals surface area (Å²) < 4.78 is 5.68. The fraction of sp³-hybridized carbons (Fsp3) is 0.529. The molecule has 1 amide bonds. The maximum atomic E-state index is 11.6. The van der Waals surface area contributed by atoms with E-state index < -0.39 is 0 Å². The van der Waals surface area contributed by atoms with Crippen molar-refractivity contribution in [3.8, 4) is 5.75 Å². The van der Waals surface area contributed by atoms with Crippen LogP contribution in [0.3, 0.4) is 0 Å². The molecule has 0 aliphatic rings. The van der Waals surface area contributed by atoms with Gasteiger partial charge in [-0.25, -0.2) is 0 Å². The molecule has 1 N–H and O–H groups in total. The summed E-state index contributed by atoms with van der Waals surface area (Å²) >= 11 is 0. The average Bonchev–Trinajstić information content (AvgIpc) is 2.44. The minimum absolute atomic E-state index is 0.0822. The Morgan fingerprint density at radius 3 is 2.55 bits per heavy atom. The van der Waals surface area contributed by atoms with Crippen LogP contribution in [-0.2, 0) is 9.63 Å². The van der Waals surface area contributed by atoms with E-state index in [1.807, 2.05) is 45.0 Å². The lowest BCUT2D eigenvalue weighted by Gasteiger charge is -2.16. The van der Waals surface area contributed by atoms with Crippen LogP contribution in [-0.4, -0.2) is 30.9 Å². The number of carbonyl (C=O) groups is 1. The molecule has 0 aromatic heterocycles. The smallest absolute Gasteiger partial charge is 0.260 e. The Balaban J connectivity index is 2.48. The van der Waals surface area contributed by atoms with Crippen LogP contribution in [0.4, 0.5) is 0 Å². The summed E-state index contributed by atoms with van der Waals surface area (Å²) in [5.41, 5.74) is 0.812. The second-order valence-electron chi connectivity index (χ2n) is 5.81. The largest absolute Gasteiger partial charge is 0.490 e. The molecule has 5 nitrogen and oxygen atoms in total. The summed E-state index contributed by atoms with van der Waals surface area (Å²) in [4.78, 5) is 16.7. The van der Waals surface area contributed by atoms with Crippen LogP contribution in [0, 0.1) is 5.92 Å². The van der Waals surface area contributed by atoms with Gasteiger partial charge in [0.1, 0.15) is 5.75 Å². The highest BCUT2D eigenvalue weighted by molar-refractivity contribution is 5.83. The van der Waals surface area contributed by atoms with Gasteiger partial charge in [-0.15, -0.1) is 0 Å². The van der Waals surface area contributed by atoms with Crippen molar-refractivity contribution in [3.05, 3.63) is 29.8 Å². The van der Waals surface area contributed by atoms with Crippen LogP contribution in [0.15, 0.2) is 29.4 Å². The molecule has 122 valence electrons. The molecule has 1 aromatic carbocycles. The summed E-state index contributed by atoms with van der Waals surface area (Å²) in [6, 6.07) is 7.66. The number of oxime groups is 1. The molecule has 0 aliphatic heterocycles. The highest BCUT2D eigenvalue weighted by Crippen LogP contribution is 2.17. The Morgan fingerprint density at radius 1 is 1.23 bits per heavy atom. The lowest BCUT2D eigenvalue weighted by atomic mass is 10.1. The molecule has 1 unspecified atom stereocenters. The van der Waals surface area contributed by atoms with Crippen molar-refractivity contribution < 1.29 is 14.4 Å². The van der Waals surface area contributed by atoms with E-state index in [1.165, 1.54) is 0 Å². The number of nitrogens with zero attached hydrogens (tertiary/aromatic N) is 1. The number of nitrogens with one attached hydrogen (secondary N) is 1. The van der Waals surface area contributed by atoms with Crippen molar-refractivity contribution >= 4 is 12.1 Å². The van der Waals surface area contributed by atoms with E-state index in [4.69, 9.17) is 9.57 Å². The molecule has 0 heterocycles. The van der Waals surface area contributed by atoms with E-state index in [0.29, 0.717) is 5.92 Å². The first-order valence-electron chi connectivity index (χ1n) is 7.60. The van der Waals surface area contributed by atoms with Gasteiger partial charge in [-0.1, -0.05) is 31.1 Å². The van der Waals surface area contributed by atoms with Gasteiger partial charge in [0.25, 0.3) is 5.91 Å². The summed E-state index contributed by atoms with van der Waals surface area (Å²) in [7, 11) is 0. The third-order valence-electron chi connectivity index (χ3n) is 3.13. The van der Waals surface area contributed by atoms with E-state index in [1.54, 1.807) is 6.21 Å². The van der Waals surface area contributed by atoms with Gasteiger partial charge in [0.2, 0.25) is 0 Å². The fourth-order valence-corrected chi connectivity index (χ4v) is 1.60. The number of carbonyl (C=O) groups excluding carboxylic acids is 1. The first kappa shape index (κ1) is 18.0. The van der Waals surface area contributed by atoms with E-state index in [0.717, 1.165) is 11.3 Å². The fourth-order valence-electron chi connectivity index (χ4n) is 1.60. The molecule has 1 rings (SSSR count). The minimum atomic E-state index is -0.176. The maximum absolute atomic E-state index is 11.6. The molecule has 0 saturated heterocycles. The van der Waals surface area contributed by atoms with Crippen molar-refractivity contribution in [2.45, 2.75) is 46.8 Å². The second kappa shape index (κ2) is 9.07. The van der Waals surface area contributed by atoms with E-state index in [9.17, 15) is 4.79 Å². The lowest BCUT2D eigenvalue weighted by molar-refractivity contribution is -0.126. The topological polar surface area (TPSA) is 59.9 Å².